The summed E-state index contributed by atoms with van der Waals surface area (Å²) in [6.07, 6.45) is 1.77. The summed E-state index contributed by atoms with van der Waals surface area (Å²) >= 11 is 0. The van der Waals surface area contributed by atoms with E-state index in [2.05, 4.69) is 30.9 Å². The van der Waals surface area contributed by atoms with E-state index in [4.69, 9.17) is 4.74 Å². The van der Waals surface area contributed by atoms with Crippen LogP contribution in [0.4, 0.5) is 0 Å². The molecule has 0 atom stereocenters. The van der Waals surface area contributed by atoms with Crippen LogP contribution in [0.5, 0.6) is 0 Å². The fraction of sp³-hybridized carbons (Fsp3) is 0.316. The molecule has 0 spiro atoms. The second-order valence-corrected chi connectivity index (χ2v) is 6.68. The van der Waals surface area contributed by atoms with Gasteiger partial charge >= 0.3 is 5.97 Å². The predicted octanol–water partition coefficient (Wildman–Crippen LogP) is 3.89. The second kappa shape index (κ2) is 6.07. The molecule has 3 aromatic rings. The molecule has 2 heterocycles. The van der Waals surface area contributed by atoms with Crippen LogP contribution in [0.25, 0.3) is 16.6 Å². The van der Waals surface area contributed by atoms with Gasteiger partial charge in [0.1, 0.15) is 0 Å². The maximum absolute atomic E-state index is 12.1. The average molecular weight is 323 g/mol. The molecule has 0 saturated carbocycles. The quantitative estimate of drug-likeness (QED) is 0.686. The molecule has 0 unspecified atom stereocenters. The van der Waals surface area contributed by atoms with Crippen molar-refractivity contribution in [2.75, 3.05) is 6.61 Å². The van der Waals surface area contributed by atoms with Crippen molar-refractivity contribution in [3.63, 3.8) is 0 Å². The molecule has 0 radical (unpaired) electrons. The van der Waals surface area contributed by atoms with Crippen LogP contribution in [0, 0.1) is 0 Å². The minimum absolute atomic E-state index is 0.165. The van der Waals surface area contributed by atoms with E-state index in [1.807, 2.05) is 41.1 Å². The molecule has 0 N–H and O–H groups in total. The lowest BCUT2D eigenvalue weighted by atomic mass is 9.91. The van der Waals surface area contributed by atoms with Crippen LogP contribution in [-0.2, 0) is 10.2 Å². The molecule has 1 aromatic carbocycles. The Kier molecular flexibility index (Phi) is 4.09. The van der Waals surface area contributed by atoms with Gasteiger partial charge in [0.15, 0.2) is 5.69 Å². The predicted molar refractivity (Wildman–Crippen MR) is 93.5 cm³/mol. The highest BCUT2D eigenvalue weighted by Crippen LogP contribution is 2.27. The Hall–Kier alpha value is -2.69. The van der Waals surface area contributed by atoms with E-state index in [0.717, 1.165) is 22.3 Å². The number of carbonyl (C=O) groups excluding carboxylic acids is 1. The first-order valence-electron chi connectivity index (χ1n) is 8.03. The van der Waals surface area contributed by atoms with Crippen molar-refractivity contribution in [2.45, 2.75) is 33.1 Å². The third-order valence-electron chi connectivity index (χ3n) is 3.79. The molecule has 3 rings (SSSR count). The van der Waals surface area contributed by atoms with Gasteiger partial charge in [0, 0.05) is 17.0 Å². The average Bonchev–Trinajstić information content (AvgIpc) is 3.00. The zero-order valence-corrected chi connectivity index (χ0v) is 14.4. The molecule has 2 aromatic heterocycles. The van der Waals surface area contributed by atoms with Gasteiger partial charge in [-0.1, -0.05) is 26.8 Å². The van der Waals surface area contributed by atoms with Crippen molar-refractivity contribution < 1.29 is 9.53 Å². The summed E-state index contributed by atoms with van der Waals surface area (Å²) in [6, 6.07) is 11.7. The lowest BCUT2D eigenvalue weighted by molar-refractivity contribution is 0.0519. The van der Waals surface area contributed by atoms with Gasteiger partial charge in [0.25, 0.3) is 0 Å². The van der Waals surface area contributed by atoms with Gasteiger partial charge in [-0.2, -0.15) is 5.10 Å². The molecular formula is C19H21N3O2. The van der Waals surface area contributed by atoms with Gasteiger partial charge in [-0.05, 0) is 37.3 Å². The van der Waals surface area contributed by atoms with Gasteiger partial charge in [0.05, 0.1) is 23.5 Å². The van der Waals surface area contributed by atoms with Crippen molar-refractivity contribution >= 4 is 16.9 Å². The number of hydrogen-bond acceptors (Lipinski definition) is 4. The number of nitrogens with zero attached hydrogens (tertiary/aromatic N) is 3. The number of ether oxygens (including phenoxy) is 1. The van der Waals surface area contributed by atoms with Crippen molar-refractivity contribution in [1.82, 2.24) is 14.8 Å². The Morgan fingerprint density at radius 3 is 2.71 bits per heavy atom. The van der Waals surface area contributed by atoms with Gasteiger partial charge in [-0.15, -0.1) is 0 Å². The molecule has 5 nitrogen and oxygen atoms in total. The van der Waals surface area contributed by atoms with Gasteiger partial charge in [-0.25, -0.2) is 9.48 Å². The number of hydrogen-bond donors (Lipinski definition) is 0. The zero-order valence-electron chi connectivity index (χ0n) is 14.4. The minimum atomic E-state index is -0.399. The van der Waals surface area contributed by atoms with Crippen molar-refractivity contribution in [3.8, 4) is 5.69 Å². The van der Waals surface area contributed by atoms with E-state index >= 15 is 0 Å². The van der Waals surface area contributed by atoms with Crippen LogP contribution >= 0.6 is 0 Å². The third-order valence-corrected chi connectivity index (χ3v) is 3.79. The third kappa shape index (κ3) is 3.02. The van der Waals surface area contributed by atoms with E-state index in [-0.39, 0.29) is 5.41 Å². The van der Waals surface area contributed by atoms with Crippen LogP contribution in [-0.4, -0.2) is 27.3 Å². The number of carbonyl (C=O) groups is 1. The van der Waals surface area contributed by atoms with E-state index < -0.39 is 5.97 Å². The largest absolute Gasteiger partial charge is 0.461 e. The van der Waals surface area contributed by atoms with Gasteiger partial charge in [-0.3, -0.25) is 4.98 Å². The van der Waals surface area contributed by atoms with E-state index in [1.54, 1.807) is 13.1 Å². The fourth-order valence-electron chi connectivity index (χ4n) is 2.61. The highest BCUT2D eigenvalue weighted by atomic mass is 16.5. The Bertz CT molecular complexity index is 891. The first kappa shape index (κ1) is 16.2. The maximum atomic E-state index is 12.1. The maximum Gasteiger partial charge on any atom is 0.358 e. The minimum Gasteiger partial charge on any atom is -0.461 e. The van der Waals surface area contributed by atoms with Gasteiger partial charge in [0.2, 0.25) is 0 Å². The van der Waals surface area contributed by atoms with Crippen LogP contribution in [0.3, 0.4) is 0 Å². The SMILES string of the molecule is CCOC(=O)c1cc(C(C)(C)C)n(-c2ccc3ncccc3c2)n1. The summed E-state index contributed by atoms with van der Waals surface area (Å²) in [5.41, 5.74) is 2.94. The topological polar surface area (TPSA) is 57.0 Å². The molecule has 0 saturated heterocycles. The monoisotopic (exact) mass is 323 g/mol. The molecule has 5 heteroatoms. The second-order valence-electron chi connectivity index (χ2n) is 6.68. The van der Waals surface area contributed by atoms with Crippen molar-refractivity contribution in [1.29, 1.82) is 0 Å². The fourth-order valence-corrected chi connectivity index (χ4v) is 2.61. The van der Waals surface area contributed by atoms with Crippen LogP contribution in [0.15, 0.2) is 42.6 Å². The highest BCUT2D eigenvalue weighted by molar-refractivity contribution is 5.87. The van der Waals surface area contributed by atoms with Crippen molar-refractivity contribution in [3.05, 3.63) is 54.0 Å². The molecule has 0 aliphatic carbocycles. The summed E-state index contributed by atoms with van der Waals surface area (Å²) < 4.78 is 6.91. The molecule has 124 valence electrons. The molecule has 0 amide bonds. The lowest BCUT2D eigenvalue weighted by Gasteiger charge is -2.20. The first-order valence-corrected chi connectivity index (χ1v) is 8.03. The van der Waals surface area contributed by atoms with E-state index in [1.165, 1.54) is 0 Å². The number of pyridine rings is 1. The molecule has 0 fully saturated rings. The number of rotatable bonds is 3. The summed E-state index contributed by atoms with van der Waals surface area (Å²) in [4.78, 5) is 16.4. The van der Waals surface area contributed by atoms with E-state index in [0.29, 0.717) is 12.3 Å². The number of aromatic nitrogens is 3. The Balaban J connectivity index is 2.15. The number of esters is 1. The summed E-state index contributed by atoms with van der Waals surface area (Å²) in [6.45, 7) is 8.40. The van der Waals surface area contributed by atoms with Crippen LogP contribution < -0.4 is 0 Å². The Morgan fingerprint density at radius 1 is 1.21 bits per heavy atom. The number of fused-ring (bicyclic) bond motifs is 1. The number of benzene rings is 1. The Labute approximate surface area is 141 Å². The molecule has 0 aliphatic rings. The van der Waals surface area contributed by atoms with Crippen molar-refractivity contribution in [2.24, 2.45) is 0 Å². The normalized spacial score (nSPS) is 11.7. The van der Waals surface area contributed by atoms with Gasteiger partial charge < -0.3 is 4.74 Å². The highest BCUT2D eigenvalue weighted by Gasteiger charge is 2.24. The Morgan fingerprint density at radius 2 is 2.00 bits per heavy atom. The summed E-state index contributed by atoms with van der Waals surface area (Å²) in [5, 5.41) is 5.52. The molecule has 0 aliphatic heterocycles. The standard InChI is InChI=1S/C19H21N3O2/c1-5-24-18(23)16-12-17(19(2,3)4)22(21-16)14-8-9-15-13(11-14)7-6-10-20-15/h6-12H,5H2,1-4H3. The lowest BCUT2D eigenvalue weighted by Crippen LogP contribution is -2.17. The molecule has 24 heavy (non-hydrogen) atoms. The molecular weight excluding hydrogens is 302 g/mol. The summed E-state index contributed by atoms with van der Waals surface area (Å²) in [5.74, 6) is -0.399. The van der Waals surface area contributed by atoms with E-state index in [9.17, 15) is 4.79 Å². The zero-order chi connectivity index (χ0) is 17.3. The van der Waals surface area contributed by atoms with Crippen LogP contribution in [0.2, 0.25) is 0 Å². The smallest absolute Gasteiger partial charge is 0.358 e. The first-order chi connectivity index (χ1) is 11.4. The molecule has 0 bridgehead atoms. The van der Waals surface area contributed by atoms with Crippen LogP contribution in [0.1, 0.15) is 43.9 Å². The summed E-state index contributed by atoms with van der Waals surface area (Å²) in [7, 11) is 0.